The lowest BCUT2D eigenvalue weighted by Gasteiger charge is -2.06. The minimum absolute atomic E-state index is 0.0690. The van der Waals surface area contributed by atoms with Crippen LogP contribution in [0.15, 0.2) is 36.5 Å². The quantitative estimate of drug-likeness (QED) is 0.515. The lowest BCUT2D eigenvalue weighted by atomic mass is 10.1. The third-order valence-electron chi connectivity index (χ3n) is 3.49. The third-order valence-corrected chi connectivity index (χ3v) is 3.49. The van der Waals surface area contributed by atoms with Crippen molar-refractivity contribution >= 4 is 22.3 Å². The van der Waals surface area contributed by atoms with Crippen LogP contribution in [-0.4, -0.2) is 17.0 Å². The fourth-order valence-corrected chi connectivity index (χ4v) is 2.56. The minimum atomic E-state index is -4.93. The Labute approximate surface area is 128 Å². The molecule has 0 N–H and O–H groups in total. The second kappa shape index (κ2) is 5.26. The molecule has 3 nitrogen and oxygen atoms in total. The molecule has 3 aromatic rings. The highest BCUT2D eigenvalue weighted by atomic mass is 19.4. The average Bonchev–Trinajstić information content (AvgIpc) is 2.75. The maximum Gasteiger partial charge on any atom is 0.421 e. The molecular formula is C16H11F4NO2. The Kier molecular flexibility index (Phi) is 3.50. The molecule has 1 aromatic carbocycles. The molecule has 0 bridgehead atoms. The fourth-order valence-electron chi connectivity index (χ4n) is 2.56. The summed E-state index contributed by atoms with van der Waals surface area (Å²) >= 11 is 0. The van der Waals surface area contributed by atoms with Gasteiger partial charge in [0.05, 0.1) is 12.1 Å². The van der Waals surface area contributed by atoms with Gasteiger partial charge in [-0.1, -0.05) is 24.3 Å². The van der Waals surface area contributed by atoms with Gasteiger partial charge in [-0.25, -0.2) is 9.18 Å². The number of esters is 1. The van der Waals surface area contributed by atoms with Gasteiger partial charge < -0.3 is 9.14 Å². The van der Waals surface area contributed by atoms with Gasteiger partial charge in [-0.05, 0) is 23.8 Å². The van der Waals surface area contributed by atoms with Crippen molar-refractivity contribution in [3.05, 3.63) is 53.6 Å². The van der Waals surface area contributed by atoms with Crippen LogP contribution >= 0.6 is 0 Å². The molecule has 2 aromatic heterocycles. The van der Waals surface area contributed by atoms with Gasteiger partial charge in [0.15, 0.2) is 11.5 Å². The van der Waals surface area contributed by atoms with Gasteiger partial charge in [0, 0.05) is 6.20 Å². The van der Waals surface area contributed by atoms with E-state index in [1.807, 2.05) is 0 Å². The van der Waals surface area contributed by atoms with Crippen LogP contribution in [0.4, 0.5) is 17.6 Å². The Morgan fingerprint density at radius 1 is 1.22 bits per heavy atom. The summed E-state index contributed by atoms with van der Waals surface area (Å²) in [6.07, 6.45) is -3.63. The largest absolute Gasteiger partial charge is 0.461 e. The molecule has 0 aliphatic heterocycles. The number of pyridine rings is 1. The molecule has 0 radical (unpaired) electrons. The zero-order chi connectivity index (χ0) is 16.8. The molecule has 23 heavy (non-hydrogen) atoms. The summed E-state index contributed by atoms with van der Waals surface area (Å²) in [5.41, 5.74) is -2.64. The number of hydrogen-bond donors (Lipinski definition) is 0. The van der Waals surface area contributed by atoms with Crippen molar-refractivity contribution in [1.29, 1.82) is 0 Å². The van der Waals surface area contributed by atoms with Crippen molar-refractivity contribution in [3.63, 3.8) is 0 Å². The Morgan fingerprint density at radius 2 is 1.87 bits per heavy atom. The van der Waals surface area contributed by atoms with Crippen LogP contribution < -0.4 is 0 Å². The standard InChI is InChI=1S/C16H11F4NO2/c1-2-23-15(22)14-13(17)12(16(18,19)20)11-7-9-5-3-4-6-10(9)8-21(11)14/h3-8H,2H2,1H3. The molecule has 0 aliphatic carbocycles. The highest BCUT2D eigenvalue weighted by molar-refractivity contribution is 5.94. The molecule has 0 saturated carbocycles. The first kappa shape index (κ1) is 15.3. The van der Waals surface area contributed by atoms with Gasteiger partial charge in [0.1, 0.15) is 5.56 Å². The molecule has 0 spiro atoms. The van der Waals surface area contributed by atoms with Crippen molar-refractivity contribution < 1.29 is 27.1 Å². The van der Waals surface area contributed by atoms with E-state index in [1.54, 1.807) is 24.3 Å². The molecule has 0 unspecified atom stereocenters. The van der Waals surface area contributed by atoms with Crippen LogP contribution in [0, 0.1) is 5.82 Å². The molecule has 7 heteroatoms. The molecule has 0 atom stereocenters. The van der Waals surface area contributed by atoms with Gasteiger partial charge >= 0.3 is 12.1 Å². The maximum absolute atomic E-state index is 14.4. The number of halogens is 4. The highest BCUT2D eigenvalue weighted by Gasteiger charge is 2.41. The van der Waals surface area contributed by atoms with E-state index in [-0.39, 0.29) is 6.61 Å². The number of aromatic nitrogens is 1. The summed E-state index contributed by atoms with van der Waals surface area (Å²) in [6.45, 7) is 1.42. The smallest absolute Gasteiger partial charge is 0.421 e. The van der Waals surface area contributed by atoms with Gasteiger partial charge in [-0.15, -0.1) is 0 Å². The molecule has 0 aliphatic rings. The maximum atomic E-state index is 14.4. The Balaban J connectivity index is 2.44. The normalized spacial score (nSPS) is 12.0. The molecule has 0 saturated heterocycles. The summed E-state index contributed by atoms with van der Waals surface area (Å²) < 4.78 is 59.7. The van der Waals surface area contributed by atoms with E-state index in [2.05, 4.69) is 4.74 Å². The first-order valence-corrected chi connectivity index (χ1v) is 6.81. The van der Waals surface area contributed by atoms with Crippen LogP contribution in [-0.2, 0) is 10.9 Å². The zero-order valence-corrected chi connectivity index (χ0v) is 11.9. The number of hydrogen-bond acceptors (Lipinski definition) is 2. The van der Waals surface area contributed by atoms with E-state index < -0.39 is 34.7 Å². The molecule has 0 fully saturated rings. The van der Waals surface area contributed by atoms with Crippen molar-refractivity contribution in [3.8, 4) is 0 Å². The van der Waals surface area contributed by atoms with Gasteiger partial charge in [-0.3, -0.25) is 0 Å². The van der Waals surface area contributed by atoms with E-state index in [0.29, 0.717) is 10.8 Å². The van der Waals surface area contributed by atoms with Crippen molar-refractivity contribution in [2.45, 2.75) is 13.1 Å². The Bertz CT molecular complexity index is 912. The van der Waals surface area contributed by atoms with Crippen LogP contribution in [0.2, 0.25) is 0 Å². The number of rotatable bonds is 2. The molecule has 120 valence electrons. The fraction of sp³-hybridized carbons (Fsp3) is 0.188. The summed E-state index contributed by atoms with van der Waals surface area (Å²) in [5, 5.41) is 1.09. The van der Waals surface area contributed by atoms with E-state index in [1.165, 1.54) is 19.2 Å². The topological polar surface area (TPSA) is 30.7 Å². The van der Waals surface area contributed by atoms with Crippen LogP contribution in [0.25, 0.3) is 16.3 Å². The summed E-state index contributed by atoms with van der Waals surface area (Å²) in [7, 11) is 0. The molecule has 0 amide bonds. The van der Waals surface area contributed by atoms with Gasteiger partial charge in [-0.2, -0.15) is 13.2 Å². The van der Waals surface area contributed by atoms with Crippen LogP contribution in [0.3, 0.4) is 0 Å². The number of fused-ring (bicyclic) bond motifs is 2. The lowest BCUT2D eigenvalue weighted by Crippen LogP contribution is -2.11. The number of benzene rings is 1. The van der Waals surface area contributed by atoms with Crippen molar-refractivity contribution in [1.82, 2.24) is 4.40 Å². The molecular weight excluding hydrogens is 314 g/mol. The average molecular weight is 325 g/mol. The second-order valence-corrected chi connectivity index (χ2v) is 4.91. The van der Waals surface area contributed by atoms with E-state index in [0.717, 1.165) is 4.40 Å². The van der Waals surface area contributed by atoms with Crippen molar-refractivity contribution in [2.75, 3.05) is 6.61 Å². The van der Waals surface area contributed by atoms with Crippen LogP contribution in [0.1, 0.15) is 23.0 Å². The number of alkyl halides is 3. The van der Waals surface area contributed by atoms with Crippen LogP contribution in [0.5, 0.6) is 0 Å². The van der Waals surface area contributed by atoms with E-state index in [4.69, 9.17) is 0 Å². The summed E-state index contributed by atoms with van der Waals surface area (Å²) in [5.74, 6) is -2.75. The molecule has 3 rings (SSSR count). The number of carbonyl (C=O) groups excluding carboxylic acids is 1. The Morgan fingerprint density at radius 3 is 2.48 bits per heavy atom. The highest BCUT2D eigenvalue weighted by Crippen LogP contribution is 2.38. The van der Waals surface area contributed by atoms with Gasteiger partial charge in [0.2, 0.25) is 0 Å². The van der Waals surface area contributed by atoms with Crippen molar-refractivity contribution in [2.24, 2.45) is 0 Å². The first-order valence-electron chi connectivity index (χ1n) is 6.81. The lowest BCUT2D eigenvalue weighted by molar-refractivity contribution is -0.138. The van der Waals surface area contributed by atoms with E-state index in [9.17, 15) is 22.4 Å². The number of nitrogens with zero attached hydrogens (tertiary/aromatic N) is 1. The SMILES string of the molecule is CCOC(=O)c1c(F)c(C(F)(F)F)c2cc3ccccc3cn12. The third kappa shape index (κ3) is 2.42. The zero-order valence-electron chi connectivity index (χ0n) is 11.9. The number of carbonyl (C=O) groups is 1. The predicted octanol–water partition coefficient (Wildman–Crippen LogP) is 4.43. The predicted molar refractivity (Wildman–Crippen MR) is 75.8 cm³/mol. The van der Waals surface area contributed by atoms with Gasteiger partial charge in [0.25, 0.3) is 0 Å². The molecule has 2 heterocycles. The monoisotopic (exact) mass is 325 g/mol. The number of ether oxygens (including phenoxy) is 1. The minimum Gasteiger partial charge on any atom is -0.461 e. The summed E-state index contributed by atoms with van der Waals surface area (Å²) in [4.78, 5) is 11.9. The first-order chi connectivity index (χ1) is 10.8. The Hall–Kier alpha value is -2.57. The summed E-state index contributed by atoms with van der Waals surface area (Å²) in [6, 6.07) is 7.85. The van der Waals surface area contributed by atoms with E-state index >= 15 is 0 Å². The second-order valence-electron chi connectivity index (χ2n) is 4.91.